The highest BCUT2D eigenvalue weighted by atomic mass is 35.5. The molecule has 1 N–H and O–H groups in total. The summed E-state index contributed by atoms with van der Waals surface area (Å²) >= 11 is 0. The highest BCUT2D eigenvalue weighted by molar-refractivity contribution is 5.85. The molecule has 1 fully saturated rings. The van der Waals surface area contributed by atoms with Crippen LogP contribution in [0.2, 0.25) is 0 Å². The van der Waals surface area contributed by atoms with E-state index in [0.717, 1.165) is 39.1 Å². The van der Waals surface area contributed by atoms with E-state index in [-0.39, 0.29) is 18.3 Å². The molecule has 124 valence electrons. The van der Waals surface area contributed by atoms with Crippen molar-refractivity contribution in [1.82, 2.24) is 10.2 Å². The number of nitrogens with one attached hydrogen (secondary N) is 1. The van der Waals surface area contributed by atoms with Gasteiger partial charge in [0.1, 0.15) is 0 Å². The summed E-state index contributed by atoms with van der Waals surface area (Å²) in [5, 5.41) is 3.05. The smallest absolute Gasteiger partial charge is 0.224 e. The van der Waals surface area contributed by atoms with Crippen molar-refractivity contribution in [2.24, 2.45) is 5.92 Å². The number of hydrogen-bond acceptors (Lipinski definition) is 3. The van der Waals surface area contributed by atoms with Gasteiger partial charge in [0.2, 0.25) is 5.91 Å². The minimum atomic E-state index is 0. The van der Waals surface area contributed by atoms with Crippen LogP contribution in [0.3, 0.4) is 0 Å². The fraction of sp³-hybridized carbons (Fsp3) is 0.588. The molecular formula is C17H27ClN2O2. The van der Waals surface area contributed by atoms with Crippen LogP contribution in [0.1, 0.15) is 24.8 Å². The number of rotatable bonds is 7. The molecule has 1 aromatic carbocycles. The number of nitrogens with zero attached hydrogens (tertiary/aromatic N) is 1. The molecule has 0 unspecified atom stereocenters. The van der Waals surface area contributed by atoms with Gasteiger partial charge in [-0.25, -0.2) is 0 Å². The molecular weight excluding hydrogens is 300 g/mol. The van der Waals surface area contributed by atoms with E-state index >= 15 is 0 Å². The van der Waals surface area contributed by atoms with Gasteiger partial charge in [-0.05, 0) is 31.4 Å². The number of carbonyl (C=O) groups excluding carboxylic acids is 1. The lowest BCUT2D eigenvalue weighted by Gasteiger charge is -2.30. The zero-order valence-electron chi connectivity index (χ0n) is 13.3. The Morgan fingerprint density at radius 1 is 1.27 bits per heavy atom. The van der Waals surface area contributed by atoms with Crippen molar-refractivity contribution in [1.29, 1.82) is 0 Å². The summed E-state index contributed by atoms with van der Waals surface area (Å²) in [7, 11) is 1.88. The van der Waals surface area contributed by atoms with Crippen molar-refractivity contribution >= 4 is 18.3 Å². The number of halogens is 1. The quantitative estimate of drug-likeness (QED) is 0.837. The molecule has 1 aliphatic heterocycles. The Kier molecular flexibility index (Phi) is 9.13. The first-order chi connectivity index (χ1) is 10.3. The molecule has 1 aliphatic rings. The van der Waals surface area contributed by atoms with Gasteiger partial charge in [-0.1, -0.05) is 30.3 Å². The van der Waals surface area contributed by atoms with E-state index in [1.807, 2.05) is 30.1 Å². The fourth-order valence-electron chi connectivity index (χ4n) is 2.69. The van der Waals surface area contributed by atoms with Crippen molar-refractivity contribution in [3.05, 3.63) is 35.9 Å². The summed E-state index contributed by atoms with van der Waals surface area (Å²) in [5.74, 6) is 0.806. The summed E-state index contributed by atoms with van der Waals surface area (Å²) in [6, 6.07) is 10.2. The van der Waals surface area contributed by atoms with Gasteiger partial charge in [0.15, 0.2) is 0 Å². The van der Waals surface area contributed by atoms with Gasteiger partial charge in [0.25, 0.3) is 0 Å². The predicted octanol–water partition coefficient (Wildman–Crippen LogP) is 2.47. The molecule has 1 heterocycles. The van der Waals surface area contributed by atoms with Crippen LogP contribution >= 0.6 is 12.4 Å². The SMILES string of the molecule is CNCCC(=O)N(Cc1ccccc1)CC1CCOCC1.Cl. The second-order valence-electron chi connectivity index (χ2n) is 5.67. The average molecular weight is 327 g/mol. The largest absolute Gasteiger partial charge is 0.381 e. The second kappa shape index (κ2) is 10.6. The Bertz CT molecular complexity index is 422. The topological polar surface area (TPSA) is 41.6 Å². The Morgan fingerprint density at radius 3 is 2.59 bits per heavy atom. The summed E-state index contributed by atoms with van der Waals surface area (Å²) in [6.45, 7) is 3.95. The highest BCUT2D eigenvalue weighted by Crippen LogP contribution is 2.18. The molecule has 1 amide bonds. The van der Waals surface area contributed by atoms with Crippen molar-refractivity contribution < 1.29 is 9.53 Å². The van der Waals surface area contributed by atoms with Crippen LogP contribution in [-0.2, 0) is 16.1 Å². The molecule has 0 spiro atoms. The third-order valence-corrected chi connectivity index (χ3v) is 3.98. The van der Waals surface area contributed by atoms with E-state index in [9.17, 15) is 4.79 Å². The van der Waals surface area contributed by atoms with Gasteiger partial charge in [0, 0.05) is 39.3 Å². The van der Waals surface area contributed by atoms with Crippen LogP contribution in [0.25, 0.3) is 0 Å². The van der Waals surface area contributed by atoms with E-state index in [4.69, 9.17) is 4.74 Å². The van der Waals surface area contributed by atoms with Crippen LogP contribution in [-0.4, -0.2) is 44.2 Å². The maximum atomic E-state index is 12.4. The molecule has 4 nitrogen and oxygen atoms in total. The highest BCUT2D eigenvalue weighted by Gasteiger charge is 2.21. The van der Waals surface area contributed by atoms with E-state index < -0.39 is 0 Å². The van der Waals surface area contributed by atoms with Crippen LogP contribution < -0.4 is 5.32 Å². The molecule has 0 radical (unpaired) electrons. The van der Waals surface area contributed by atoms with Gasteiger partial charge in [-0.3, -0.25) is 4.79 Å². The molecule has 1 aromatic rings. The molecule has 0 bridgehead atoms. The minimum absolute atomic E-state index is 0. The number of carbonyl (C=O) groups is 1. The molecule has 0 aromatic heterocycles. The van der Waals surface area contributed by atoms with Gasteiger partial charge >= 0.3 is 0 Å². The lowest BCUT2D eigenvalue weighted by Crippen LogP contribution is -2.37. The van der Waals surface area contributed by atoms with Crippen molar-refractivity contribution in [2.45, 2.75) is 25.8 Å². The molecule has 22 heavy (non-hydrogen) atoms. The van der Waals surface area contributed by atoms with Crippen LogP contribution in [0.4, 0.5) is 0 Å². The van der Waals surface area contributed by atoms with Crippen LogP contribution in [0.5, 0.6) is 0 Å². The Labute approximate surface area is 139 Å². The second-order valence-corrected chi connectivity index (χ2v) is 5.67. The first-order valence-corrected chi connectivity index (χ1v) is 7.83. The minimum Gasteiger partial charge on any atom is -0.381 e. The predicted molar refractivity (Wildman–Crippen MR) is 91.2 cm³/mol. The van der Waals surface area contributed by atoms with Gasteiger partial charge < -0.3 is 15.0 Å². The molecule has 0 saturated carbocycles. The third-order valence-electron chi connectivity index (χ3n) is 3.98. The summed E-state index contributed by atoms with van der Waals surface area (Å²) in [5.41, 5.74) is 1.20. The van der Waals surface area contributed by atoms with E-state index in [0.29, 0.717) is 18.9 Å². The number of hydrogen-bond donors (Lipinski definition) is 1. The number of amides is 1. The number of ether oxygens (including phenoxy) is 1. The maximum absolute atomic E-state index is 12.4. The van der Waals surface area contributed by atoms with E-state index in [1.165, 1.54) is 5.56 Å². The Balaban J connectivity index is 0.00000242. The van der Waals surface area contributed by atoms with Crippen molar-refractivity contribution in [2.75, 3.05) is 33.4 Å². The maximum Gasteiger partial charge on any atom is 0.224 e. The first-order valence-electron chi connectivity index (χ1n) is 7.83. The average Bonchev–Trinajstić information content (AvgIpc) is 2.54. The summed E-state index contributed by atoms with van der Waals surface area (Å²) in [4.78, 5) is 14.5. The van der Waals surface area contributed by atoms with E-state index in [1.54, 1.807) is 0 Å². The van der Waals surface area contributed by atoms with Gasteiger partial charge in [-0.2, -0.15) is 0 Å². The third kappa shape index (κ3) is 6.34. The van der Waals surface area contributed by atoms with E-state index in [2.05, 4.69) is 17.4 Å². The monoisotopic (exact) mass is 326 g/mol. The first kappa shape index (κ1) is 18.9. The molecule has 2 rings (SSSR count). The zero-order chi connectivity index (χ0) is 14.9. The standard InChI is InChI=1S/C17H26N2O2.ClH/c1-18-10-7-17(20)19(13-15-5-3-2-4-6-15)14-16-8-11-21-12-9-16;/h2-6,16,18H,7-14H2,1H3;1H. The van der Waals surface area contributed by atoms with Gasteiger partial charge in [0.05, 0.1) is 0 Å². The molecule has 5 heteroatoms. The lowest BCUT2D eigenvalue weighted by atomic mass is 9.99. The molecule has 1 saturated heterocycles. The molecule has 0 aliphatic carbocycles. The summed E-state index contributed by atoms with van der Waals surface area (Å²) in [6.07, 6.45) is 2.68. The van der Waals surface area contributed by atoms with Gasteiger partial charge in [-0.15, -0.1) is 12.4 Å². The fourth-order valence-corrected chi connectivity index (χ4v) is 2.69. The number of benzene rings is 1. The zero-order valence-corrected chi connectivity index (χ0v) is 14.1. The van der Waals surface area contributed by atoms with Crippen molar-refractivity contribution in [3.63, 3.8) is 0 Å². The Morgan fingerprint density at radius 2 is 1.95 bits per heavy atom. The Hall–Kier alpha value is -1.10. The van der Waals surface area contributed by atoms with Crippen LogP contribution in [0.15, 0.2) is 30.3 Å². The van der Waals surface area contributed by atoms with Crippen molar-refractivity contribution in [3.8, 4) is 0 Å². The summed E-state index contributed by atoms with van der Waals surface area (Å²) < 4.78 is 5.41. The molecule has 0 atom stereocenters. The van der Waals surface area contributed by atoms with Crippen LogP contribution in [0, 0.1) is 5.92 Å². The lowest BCUT2D eigenvalue weighted by molar-refractivity contribution is -0.132. The normalized spacial score (nSPS) is 15.1.